The van der Waals surface area contributed by atoms with Crippen molar-refractivity contribution in [2.24, 2.45) is 0 Å². The zero-order valence-electron chi connectivity index (χ0n) is 11.6. The number of hydrogen-bond donors (Lipinski definition) is 1. The summed E-state index contributed by atoms with van der Waals surface area (Å²) in [5.74, 6) is 4.88. The number of sulfonamides is 1. The van der Waals surface area contributed by atoms with E-state index in [1.54, 1.807) is 30.3 Å². The molecule has 4 nitrogen and oxygen atoms in total. The van der Waals surface area contributed by atoms with E-state index < -0.39 is 15.8 Å². The molecule has 0 spiro atoms. The fourth-order valence-electron chi connectivity index (χ4n) is 1.60. The van der Waals surface area contributed by atoms with Crippen molar-refractivity contribution in [3.63, 3.8) is 0 Å². The Morgan fingerprint density at radius 3 is 2.41 bits per heavy atom. The Bertz CT molecular complexity index is 780. The number of ether oxygens (including phenoxy) is 1. The number of hydrogen-bond acceptors (Lipinski definition) is 3. The average molecular weight is 319 g/mol. The van der Waals surface area contributed by atoms with E-state index in [1.807, 2.05) is 0 Å². The molecule has 114 valence electrons. The zero-order valence-corrected chi connectivity index (χ0v) is 12.4. The second-order valence-corrected chi connectivity index (χ2v) is 5.98. The molecule has 0 atom stereocenters. The Morgan fingerprint density at radius 2 is 1.68 bits per heavy atom. The summed E-state index contributed by atoms with van der Waals surface area (Å²) in [4.78, 5) is 0.180. The van der Waals surface area contributed by atoms with Gasteiger partial charge in [0, 0.05) is 0 Å². The van der Waals surface area contributed by atoms with E-state index in [0.717, 1.165) is 0 Å². The highest BCUT2D eigenvalue weighted by molar-refractivity contribution is 7.89. The molecule has 0 saturated heterocycles. The monoisotopic (exact) mass is 319 g/mol. The summed E-state index contributed by atoms with van der Waals surface area (Å²) in [5.41, 5.74) is 0. The lowest BCUT2D eigenvalue weighted by molar-refractivity contribution is 0.348. The predicted octanol–water partition coefficient (Wildman–Crippen LogP) is 2.19. The first kappa shape index (κ1) is 16.0. The summed E-state index contributed by atoms with van der Waals surface area (Å²) in [5, 5.41) is 0. The molecular formula is C16H14FNO3S. The van der Waals surface area contributed by atoms with Crippen molar-refractivity contribution in [3.05, 3.63) is 60.4 Å². The van der Waals surface area contributed by atoms with Crippen molar-refractivity contribution in [1.29, 1.82) is 0 Å². The van der Waals surface area contributed by atoms with Gasteiger partial charge in [-0.15, -0.1) is 0 Å². The third-order valence-electron chi connectivity index (χ3n) is 2.67. The van der Waals surface area contributed by atoms with Gasteiger partial charge in [-0.3, -0.25) is 0 Å². The van der Waals surface area contributed by atoms with Crippen LogP contribution in [0.25, 0.3) is 0 Å². The van der Waals surface area contributed by atoms with Crippen molar-refractivity contribution in [3.8, 4) is 17.6 Å². The minimum Gasteiger partial charge on any atom is -0.478 e. The first-order valence-corrected chi connectivity index (χ1v) is 7.96. The number of para-hydroxylation sites is 1. The third-order valence-corrected chi connectivity index (χ3v) is 4.08. The molecular weight excluding hydrogens is 305 g/mol. The Hall–Kier alpha value is -2.36. The molecule has 0 bridgehead atoms. The Labute approximate surface area is 129 Å². The van der Waals surface area contributed by atoms with E-state index >= 15 is 0 Å². The summed E-state index contributed by atoms with van der Waals surface area (Å²) < 4.78 is 44.5. The fraction of sp³-hybridized carbons (Fsp3) is 0.125. The van der Waals surface area contributed by atoms with Crippen LogP contribution in [0.3, 0.4) is 0 Å². The standard InChI is InChI=1S/C16H14FNO3S/c17-15-10-4-5-11-16(15)21-13-7-6-12-18-22(19,20)14-8-2-1-3-9-14/h1-5,8-11,18H,12-13H2. The van der Waals surface area contributed by atoms with E-state index in [1.165, 1.54) is 24.3 Å². The maximum Gasteiger partial charge on any atom is 0.241 e. The van der Waals surface area contributed by atoms with Gasteiger partial charge in [0.2, 0.25) is 10.0 Å². The second-order valence-electron chi connectivity index (χ2n) is 4.21. The van der Waals surface area contributed by atoms with Crippen LogP contribution in [0, 0.1) is 17.7 Å². The molecule has 0 amide bonds. The van der Waals surface area contributed by atoms with Crippen LogP contribution in [-0.4, -0.2) is 21.6 Å². The fourth-order valence-corrected chi connectivity index (χ4v) is 2.55. The highest BCUT2D eigenvalue weighted by atomic mass is 32.2. The van der Waals surface area contributed by atoms with E-state index in [0.29, 0.717) is 0 Å². The molecule has 22 heavy (non-hydrogen) atoms. The van der Waals surface area contributed by atoms with Crippen LogP contribution >= 0.6 is 0 Å². The van der Waals surface area contributed by atoms with Gasteiger partial charge in [0.15, 0.2) is 11.6 Å². The number of halogens is 1. The van der Waals surface area contributed by atoms with Gasteiger partial charge >= 0.3 is 0 Å². The van der Waals surface area contributed by atoms with Crippen LogP contribution in [0.4, 0.5) is 4.39 Å². The third kappa shape index (κ3) is 4.58. The number of nitrogens with one attached hydrogen (secondary N) is 1. The molecule has 0 radical (unpaired) electrons. The highest BCUT2D eigenvalue weighted by Crippen LogP contribution is 2.14. The van der Waals surface area contributed by atoms with E-state index in [-0.39, 0.29) is 23.8 Å². The van der Waals surface area contributed by atoms with Gasteiger partial charge in [-0.2, -0.15) is 4.72 Å². The number of benzene rings is 2. The van der Waals surface area contributed by atoms with Gasteiger partial charge in [0.25, 0.3) is 0 Å². The maximum absolute atomic E-state index is 13.2. The summed E-state index contributed by atoms with van der Waals surface area (Å²) >= 11 is 0. The van der Waals surface area contributed by atoms with E-state index in [9.17, 15) is 12.8 Å². The summed E-state index contributed by atoms with van der Waals surface area (Å²) in [6.45, 7) is -0.0636. The van der Waals surface area contributed by atoms with Crippen molar-refractivity contribution in [2.45, 2.75) is 4.90 Å². The van der Waals surface area contributed by atoms with Gasteiger partial charge in [-0.1, -0.05) is 42.2 Å². The van der Waals surface area contributed by atoms with Gasteiger partial charge in [0.05, 0.1) is 11.4 Å². The minimum atomic E-state index is -3.56. The van der Waals surface area contributed by atoms with Crippen LogP contribution < -0.4 is 9.46 Å². The normalized spacial score (nSPS) is 10.6. The molecule has 2 aromatic rings. The van der Waals surface area contributed by atoms with Crippen molar-refractivity contribution in [1.82, 2.24) is 4.72 Å². The van der Waals surface area contributed by atoms with E-state index in [2.05, 4.69) is 16.6 Å². The largest absolute Gasteiger partial charge is 0.478 e. The van der Waals surface area contributed by atoms with Crippen LogP contribution in [0.15, 0.2) is 59.5 Å². The van der Waals surface area contributed by atoms with Crippen LogP contribution in [0.1, 0.15) is 0 Å². The summed E-state index contributed by atoms with van der Waals surface area (Å²) in [6.07, 6.45) is 0. The zero-order chi connectivity index (χ0) is 15.8. The average Bonchev–Trinajstić information content (AvgIpc) is 2.53. The van der Waals surface area contributed by atoms with E-state index in [4.69, 9.17) is 4.74 Å². The molecule has 2 rings (SSSR count). The van der Waals surface area contributed by atoms with Crippen molar-refractivity contribution in [2.75, 3.05) is 13.2 Å². The van der Waals surface area contributed by atoms with Gasteiger partial charge < -0.3 is 4.74 Å². The SMILES string of the molecule is O=S(=O)(NCC#CCOc1ccccc1F)c1ccccc1. The first-order valence-electron chi connectivity index (χ1n) is 6.47. The molecule has 0 unspecified atom stereocenters. The molecule has 0 fully saturated rings. The van der Waals surface area contributed by atoms with Crippen LogP contribution in [0.2, 0.25) is 0 Å². The molecule has 2 aromatic carbocycles. The Balaban J connectivity index is 1.81. The quantitative estimate of drug-likeness (QED) is 0.860. The second kappa shape index (κ2) is 7.59. The Kier molecular flexibility index (Phi) is 5.53. The minimum absolute atomic E-state index is 0.0198. The lowest BCUT2D eigenvalue weighted by atomic mass is 10.3. The summed E-state index contributed by atoms with van der Waals surface area (Å²) in [6, 6.07) is 14.0. The molecule has 0 aliphatic carbocycles. The molecule has 0 aromatic heterocycles. The molecule has 0 saturated carbocycles. The van der Waals surface area contributed by atoms with Crippen LogP contribution in [0.5, 0.6) is 5.75 Å². The van der Waals surface area contributed by atoms with Crippen molar-refractivity contribution < 1.29 is 17.5 Å². The maximum atomic E-state index is 13.2. The lowest BCUT2D eigenvalue weighted by Gasteiger charge is -2.03. The van der Waals surface area contributed by atoms with Crippen LogP contribution in [-0.2, 0) is 10.0 Å². The van der Waals surface area contributed by atoms with Gasteiger partial charge in [-0.25, -0.2) is 12.8 Å². The predicted molar refractivity (Wildman–Crippen MR) is 81.3 cm³/mol. The van der Waals surface area contributed by atoms with Crippen molar-refractivity contribution >= 4 is 10.0 Å². The highest BCUT2D eigenvalue weighted by Gasteiger charge is 2.10. The molecule has 1 N–H and O–H groups in total. The first-order chi connectivity index (χ1) is 10.6. The lowest BCUT2D eigenvalue weighted by Crippen LogP contribution is -2.23. The van der Waals surface area contributed by atoms with Gasteiger partial charge in [-0.05, 0) is 24.3 Å². The molecule has 0 heterocycles. The molecule has 0 aliphatic rings. The molecule has 0 aliphatic heterocycles. The topological polar surface area (TPSA) is 55.4 Å². The Morgan fingerprint density at radius 1 is 1.00 bits per heavy atom. The smallest absolute Gasteiger partial charge is 0.241 e. The van der Waals surface area contributed by atoms with Gasteiger partial charge in [0.1, 0.15) is 6.61 Å². The number of rotatable bonds is 5. The molecule has 6 heteroatoms. The summed E-state index contributed by atoms with van der Waals surface area (Å²) in [7, 11) is -3.56.